The van der Waals surface area contributed by atoms with E-state index < -0.39 is 0 Å². The number of aryl methyl sites for hydroxylation is 2. The van der Waals surface area contributed by atoms with Crippen molar-refractivity contribution in [2.75, 3.05) is 28.6 Å². The topological polar surface area (TPSA) is 62.2 Å². The Bertz CT molecular complexity index is 688. The number of urea groups is 1. The predicted octanol–water partition coefficient (Wildman–Crippen LogP) is 3.46. The van der Waals surface area contributed by atoms with Gasteiger partial charge >= 0.3 is 6.03 Å². The number of nitrogens with zero attached hydrogens (tertiary/aromatic N) is 3. The van der Waals surface area contributed by atoms with E-state index in [1.165, 1.54) is 18.5 Å². The largest absolute Gasteiger partial charge is 0.372 e. The number of hydrogen-bond acceptors (Lipinski definition) is 3. The molecule has 1 aromatic heterocycles. The van der Waals surface area contributed by atoms with Gasteiger partial charge in [-0.05, 0) is 50.5 Å². The van der Waals surface area contributed by atoms with Crippen molar-refractivity contribution < 1.29 is 4.79 Å². The van der Waals surface area contributed by atoms with Crippen LogP contribution in [0.3, 0.4) is 0 Å². The molecule has 0 unspecified atom stereocenters. The van der Waals surface area contributed by atoms with Gasteiger partial charge in [0.1, 0.15) is 0 Å². The summed E-state index contributed by atoms with van der Waals surface area (Å²) in [4.78, 5) is 14.5. The van der Waals surface area contributed by atoms with Crippen LogP contribution in [0.2, 0.25) is 0 Å². The van der Waals surface area contributed by atoms with Crippen LogP contribution in [0, 0.1) is 6.92 Å². The predicted molar refractivity (Wildman–Crippen MR) is 93.2 cm³/mol. The van der Waals surface area contributed by atoms with E-state index in [9.17, 15) is 4.79 Å². The molecular weight excluding hydrogens is 290 g/mol. The van der Waals surface area contributed by atoms with Crippen LogP contribution in [0.4, 0.5) is 21.9 Å². The lowest BCUT2D eigenvalue weighted by molar-refractivity contribution is 0.262. The minimum atomic E-state index is -0.252. The van der Waals surface area contributed by atoms with Crippen LogP contribution in [0.1, 0.15) is 25.3 Å². The molecule has 122 valence electrons. The van der Waals surface area contributed by atoms with E-state index >= 15 is 0 Å². The minimum Gasteiger partial charge on any atom is -0.372 e. The van der Waals surface area contributed by atoms with E-state index in [4.69, 9.17) is 0 Å². The fourth-order valence-corrected chi connectivity index (χ4v) is 2.85. The van der Waals surface area contributed by atoms with Crippen LogP contribution in [-0.4, -0.2) is 28.9 Å². The van der Waals surface area contributed by atoms with Gasteiger partial charge < -0.3 is 15.5 Å². The summed E-state index contributed by atoms with van der Waals surface area (Å²) in [5, 5.41) is 9.83. The SMILES string of the molecule is CCn1cc(NC(=O)Nc2ccc(N3CCCC3)cc2C)cn1. The monoisotopic (exact) mass is 313 g/mol. The zero-order valence-electron chi connectivity index (χ0n) is 13.7. The number of hydrogen-bond donors (Lipinski definition) is 2. The number of anilines is 3. The molecule has 6 heteroatoms. The van der Waals surface area contributed by atoms with Crippen LogP contribution >= 0.6 is 0 Å². The first-order chi connectivity index (χ1) is 11.2. The Kier molecular flexibility index (Phi) is 4.50. The third-order valence-corrected chi connectivity index (χ3v) is 4.14. The molecule has 1 fully saturated rings. The highest BCUT2D eigenvalue weighted by atomic mass is 16.2. The molecule has 2 heterocycles. The molecule has 3 rings (SSSR count). The number of nitrogens with one attached hydrogen (secondary N) is 2. The zero-order valence-corrected chi connectivity index (χ0v) is 13.7. The summed E-state index contributed by atoms with van der Waals surface area (Å²) in [6, 6.07) is 5.93. The molecule has 0 saturated carbocycles. The first-order valence-corrected chi connectivity index (χ1v) is 8.12. The molecule has 6 nitrogen and oxygen atoms in total. The maximum Gasteiger partial charge on any atom is 0.323 e. The first kappa shape index (κ1) is 15.4. The Morgan fingerprint density at radius 1 is 1.26 bits per heavy atom. The fraction of sp³-hybridized carbons (Fsp3) is 0.412. The zero-order chi connectivity index (χ0) is 16.2. The van der Waals surface area contributed by atoms with Crippen molar-refractivity contribution in [2.45, 2.75) is 33.2 Å². The maximum atomic E-state index is 12.1. The molecule has 0 bridgehead atoms. The molecule has 1 aromatic carbocycles. The second-order valence-corrected chi connectivity index (χ2v) is 5.86. The van der Waals surface area contributed by atoms with Gasteiger partial charge in [0, 0.05) is 37.2 Å². The van der Waals surface area contributed by atoms with Gasteiger partial charge in [0.05, 0.1) is 11.9 Å². The highest BCUT2D eigenvalue weighted by Gasteiger charge is 2.13. The Morgan fingerprint density at radius 2 is 2.04 bits per heavy atom. The van der Waals surface area contributed by atoms with Crippen LogP contribution in [-0.2, 0) is 6.54 Å². The summed E-state index contributed by atoms with van der Waals surface area (Å²) in [5.74, 6) is 0. The van der Waals surface area contributed by atoms with Crippen molar-refractivity contribution in [3.05, 3.63) is 36.2 Å². The lowest BCUT2D eigenvalue weighted by Crippen LogP contribution is -2.20. The first-order valence-electron chi connectivity index (χ1n) is 8.12. The van der Waals surface area contributed by atoms with Gasteiger partial charge in [0.15, 0.2) is 0 Å². The highest BCUT2D eigenvalue weighted by molar-refractivity contribution is 6.00. The van der Waals surface area contributed by atoms with Gasteiger partial charge in [-0.1, -0.05) is 0 Å². The normalized spacial score (nSPS) is 14.1. The van der Waals surface area contributed by atoms with Crippen molar-refractivity contribution >= 4 is 23.1 Å². The van der Waals surface area contributed by atoms with Crippen LogP contribution in [0.25, 0.3) is 0 Å². The van der Waals surface area contributed by atoms with Crippen LogP contribution in [0.5, 0.6) is 0 Å². The molecule has 0 radical (unpaired) electrons. The van der Waals surface area contributed by atoms with E-state index in [0.29, 0.717) is 5.69 Å². The molecular formula is C17H23N5O. The molecule has 0 spiro atoms. The summed E-state index contributed by atoms with van der Waals surface area (Å²) in [5.41, 5.74) is 3.81. The summed E-state index contributed by atoms with van der Waals surface area (Å²) >= 11 is 0. The van der Waals surface area contributed by atoms with E-state index in [1.807, 2.05) is 26.1 Å². The molecule has 1 saturated heterocycles. The van der Waals surface area contributed by atoms with Gasteiger partial charge in [0.2, 0.25) is 0 Å². The van der Waals surface area contributed by atoms with Gasteiger partial charge in [0.25, 0.3) is 0 Å². The number of rotatable bonds is 4. The van der Waals surface area contributed by atoms with Gasteiger partial charge in [-0.3, -0.25) is 4.68 Å². The number of amides is 2. The summed E-state index contributed by atoms with van der Waals surface area (Å²) in [6.45, 7) is 7.04. The maximum absolute atomic E-state index is 12.1. The smallest absolute Gasteiger partial charge is 0.323 e. The van der Waals surface area contributed by atoms with Crippen molar-refractivity contribution in [1.29, 1.82) is 0 Å². The molecule has 1 aliphatic heterocycles. The lowest BCUT2D eigenvalue weighted by atomic mass is 10.1. The number of carbonyl (C=O) groups is 1. The summed E-state index contributed by atoms with van der Waals surface area (Å²) < 4.78 is 1.77. The Hall–Kier alpha value is -2.50. The minimum absolute atomic E-state index is 0.252. The van der Waals surface area contributed by atoms with E-state index in [0.717, 1.165) is 30.9 Å². The Morgan fingerprint density at radius 3 is 2.70 bits per heavy atom. The second kappa shape index (κ2) is 6.73. The molecule has 0 atom stereocenters. The van der Waals surface area contributed by atoms with E-state index in [-0.39, 0.29) is 6.03 Å². The summed E-state index contributed by atoms with van der Waals surface area (Å²) in [7, 11) is 0. The van der Waals surface area contributed by atoms with E-state index in [2.05, 4.69) is 32.8 Å². The Balaban J connectivity index is 1.63. The van der Waals surface area contributed by atoms with Crippen molar-refractivity contribution in [2.24, 2.45) is 0 Å². The molecule has 2 aromatic rings. The quantitative estimate of drug-likeness (QED) is 0.908. The fourth-order valence-electron chi connectivity index (χ4n) is 2.85. The summed E-state index contributed by atoms with van der Waals surface area (Å²) in [6.07, 6.45) is 5.97. The Labute approximate surface area is 136 Å². The van der Waals surface area contributed by atoms with Crippen LogP contribution < -0.4 is 15.5 Å². The molecule has 1 aliphatic rings. The number of benzene rings is 1. The second-order valence-electron chi connectivity index (χ2n) is 5.86. The highest BCUT2D eigenvalue weighted by Crippen LogP contribution is 2.25. The third-order valence-electron chi connectivity index (χ3n) is 4.14. The standard InChI is InChI=1S/C17H23N5O/c1-3-22-12-14(11-18-22)19-17(23)20-16-7-6-15(10-13(16)2)21-8-4-5-9-21/h6-7,10-12H,3-5,8-9H2,1-2H3,(H2,19,20,23). The molecule has 23 heavy (non-hydrogen) atoms. The van der Waals surface area contributed by atoms with Crippen molar-refractivity contribution in [3.8, 4) is 0 Å². The molecule has 0 aliphatic carbocycles. The van der Waals surface area contributed by atoms with Crippen LogP contribution in [0.15, 0.2) is 30.6 Å². The average molecular weight is 313 g/mol. The lowest BCUT2D eigenvalue weighted by Gasteiger charge is -2.19. The molecule has 2 N–H and O–H groups in total. The van der Waals surface area contributed by atoms with Gasteiger partial charge in [-0.15, -0.1) is 0 Å². The van der Waals surface area contributed by atoms with Gasteiger partial charge in [-0.25, -0.2) is 4.79 Å². The number of carbonyl (C=O) groups excluding carboxylic acids is 1. The molecule has 2 amide bonds. The van der Waals surface area contributed by atoms with Gasteiger partial charge in [-0.2, -0.15) is 5.10 Å². The van der Waals surface area contributed by atoms with E-state index in [1.54, 1.807) is 10.9 Å². The van der Waals surface area contributed by atoms with Crippen molar-refractivity contribution in [3.63, 3.8) is 0 Å². The average Bonchev–Trinajstić information content (AvgIpc) is 3.20. The van der Waals surface area contributed by atoms with Crippen molar-refractivity contribution in [1.82, 2.24) is 9.78 Å². The number of aromatic nitrogens is 2. The third kappa shape index (κ3) is 3.64.